The average molecular weight is 247 g/mol. The molecule has 0 fully saturated rings. The lowest BCUT2D eigenvalue weighted by Gasteiger charge is -2.18. The number of benzene rings is 2. The Morgan fingerprint density at radius 1 is 0.944 bits per heavy atom. The summed E-state index contributed by atoms with van der Waals surface area (Å²) in [5.41, 5.74) is 9.25. The molecule has 2 rings (SSSR count). The van der Waals surface area contributed by atoms with Crippen LogP contribution >= 0.6 is 0 Å². The molecule has 1 atom stereocenters. The lowest BCUT2D eigenvalue weighted by Crippen LogP contribution is -2.15. The van der Waals surface area contributed by atoms with Crippen molar-refractivity contribution in [1.82, 2.24) is 0 Å². The van der Waals surface area contributed by atoms with Gasteiger partial charge in [-0.15, -0.1) is 0 Å². The van der Waals surface area contributed by atoms with Gasteiger partial charge >= 0.3 is 0 Å². The van der Waals surface area contributed by atoms with Crippen LogP contribution in [-0.4, -0.2) is 0 Å². The van der Waals surface area contributed by atoms with E-state index >= 15 is 0 Å². The van der Waals surface area contributed by atoms with E-state index in [0.29, 0.717) is 5.56 Å². The van der Waals surface area contributed by atoms with Crippen molar-refractivity contribution in [3.05, 3.63) is 70.3 Å². The standard InChI is InChI=1S/C15H15F2N/c1-9-6-13(17)7-10(2)14(9)15(18)11-4-3-5-12(16)8-11/h3-8,15H,18H2,1-2H3. The largest absolute Gasteiger partial charge is 0.320 e. The molecule has 0 bridgehead atoms. The zero-order chi connectivity index (χ0) is 13.3. The molecule has 0 aliphatic heterocycles. The number of halogens is 2. The van der Waals surface area contributed by atoms with Crippen molar-refractivity contribution < 1.29 is 8.78 Å². The summed E-state index contributed by atoms with van der Waals surface area (Å²) in [6.07, 6.45) is 0. The first kappa shape index (κ1) is 12.7. The smallest absolute Gasteiger partial charge is 0.123 e. The first-order chi connectivity index (χ1) is 8.49. The maximum absolute atomic E-state index is 13.2. The molecule has 1 unspecified atom stereocenters. The quantitative estimate of drug-likeness (QED) is 0.861. The maximum Gasteiger partial charge on any atom is 0.123 e. The van der Waals surface area contributed by atoms with E-state index in [9.17, 15) is 8.78 Å². The van der Waals surface area contributed by atoms with Crippen LogP contribution in [0.3, 0.4) is 0 Å². The summed E-state index contributed by atoms with van der Waals surface area (Å²) in [6.45, 7) is 3.62. The second-order valence-electron chi connectivity index (χ2n) is 4.49. The van der Waals surface area contributed by atoms with Gasteiger partial charge in [0.05, 0.1) is 6.04 Å². The van der Waals surface area contributed by atoms with Crippen LogP contribution in [0.25, 0.3) is 0 Å². The van der Waals surface area contributed by atoms with Crippen LogP contribution in [0, 0.1) is 25.5 Å². The topological polar surface area (TPSA) is 26.0 Å². The van der Waals surface area contributed by atoms with Crippen molar-refractivity contribution in [2.75, 3.05) is 0 Å². The van der Waals surface area contributed by atoms with Gasteiger partial charge in [0.2, 0.25) is 0 Å². The minimum Gasteiger partial charge on any atom is -0.320 e. The van der Waals surface area contributed by atoms with Gasteiger partial charge in [-0.25, -0.2) is 8.78 Å². The number of nitrogens with two attached hydrogens (primary N) is 1. The van der Waals surface area contributed by atoms with Crippen molar-refractivity contribution in [3.63, 3.8) is 0 Å². The molecule has 0 aliphatic rings. The Bertz CT molecular complexity index is 555. The number of hydrogen-bond acceptors (Lipinski definition) is 1. The fourth-order valence-electron chi connectivity index (χ4n) is 2.28. The highest BCUT2D eigenvalue weighted by atomic mass is 19.1. The highest BCUT2D eigenvalue weighted by molar-refractivity contribution is 5.42. The van der Waals surface area contributed by atoms with E-state index in [4.69, 9.17) is 5.73 Å². The Morgan fingerprint density at radius 2 is 1.56 bits per heavy atom. The van der Waals surface area contributed by atoms with E-state index in [1.807, 2.05) is 13.8 Å². The number of rotatable bonds is 2. The third-order valence-corrected chi connectivity index (χ3v) is 3.08. The highest BCUT2D eigenvalue weighted by Gasteiger charge is 2.15. The molecule has 0 saturated heterocycles. The van der Waals surface area contributed by atoms with Crippen LogP contribution < -0.4 is 5.73 Å². The van der Waals surface area contributed by atoms with Gasteiger partial charge in [0.25, 0.3) is 0 Å². The molecular formula is C15H15F2N. The number of aryl methyl sites for hydroxylation is 2. The zero-order valence-corrected chi connectivity index (χ0v) is 10.4. The summed E-state index contributed by atoms with van der Waals surface area (Å²) in [5.74, 6) is -0.597. The lowest BCUT2D eigenvalue weighted by atomic mass is 9.92. The van der Waals surface area contributed by atoms with E-state index in [1.165, 1.54) is 24.3 Å². The predicted molar refractivity (Wildman–Crippen MR) is 68.3 cm³/mol. The lowest BCUT2D eigenvalue weighted by molar-refractivity contribution is 0.619. The monoisotopic (exact) mass is 247 g/mol. The molecule has 0 heterocycles. The molecular weight excluding hydrogens is 232 g/mol. The molecule has 2 aromatic rings. The van der Waals surface area contributed by atoms with Gasteiger partial charge in [0.15, 0.2) is 0 Å². The second-order valence-corrected chi connectivity index (χ2v) is 4.49. The van der Waals surface area contributed by atoms with Gasteiger partial charge < -0.3 is 5.73 Å². The zero-order valence-electron chi connectivity index (χ0n) is 10.4. The summed E-state index contributed by atoms with van der Waals surface area (Å²) in [5, 5.41) is 0. The highest BCUT2D eigenvalue weighted by Crippen LogP contribution is 2.27. The maximum atomic E-state index is 13.2. The first-order valence-corrected chi connectivity index (χ1v) is 5.76. The number of hydrogen-bond donors (Lipinski definition) is 1. The Balaban J connectivity index is 2.49. The van der Waals surface area contributed by atoms with Gasteiger partial charge in [0, 0.05) is 0 Å². The Kier molecular flexibility index (Phi) is 3.43. The van der Waals surface area contributed by atoms with Crippen LogP contribution in [0.1, 0.15) is 28.3 Å². The van der Waals surface area contributed by atoms with Crippen molar-refractivity contribution in [2.45, 2.75) is 19.9 Å². The SMILES string of the molecule is Cc1cc(F)cc(C)c1C(N)c1cccc(F)c1. The summed E-state index contributed by atoms with van der Waals surface area (Å²) in [7, 11) is 0. The van der Waals surface area contributed by atoms with Crippen molar-refractivity contribution in [2.24, 2.45) is 5.73 Å². The van der Waals surface area contributed by atoms with Crippen molar-refractivity contribution >= 4 is 0 Å². The molecule has 0 spiro atoms. The minimum atomic E-state index is -0.443. The summed E-state index contributed by atoms with van der Waals surface area (Å²) >= 11 is 0. The van der Waals surface area contributed by atoms with E-state index < -0.39 is 6.04 Å². The summed E-state index contributed by atoms with van der Waals surface area (Å²) in [4.78, 5) is 0. The van der Waals surface area contributed by atoms with E-state index in [1.54, 1.807) is 12.1 Å². The fraction of sp³-hybridized carbons (Fsp3) is 0.200. The van der Waals surface area contributed by atoms with Gasteiger partial charge in [0.1, 0.15) is 11.6 Å². The normalized spacial score (nSPS) is 12.5. The van der Waals surface area contributed by atoms with E-state index in [-0.39, 0.29) is 11.6 Å². The van der Waals surface area contributed by atoms with Crippen LogP contribution in [0.15, 0.2) is 36.4 Å². The summed E-state index contributed by atoms with van der Waals surface area (Å²) in [6, 6.07) is 8.63. The Hall–Kier alpha value is -1.74. The molecule has 18 heavy (non-hydrogen) atoms. The third-order valence-electron chi connectivity index (χ3n) is 3.08. The second kappa shape index (κ2) is 4.86. The first-order valence-electron chi connectivity index (χ1n) is 5.76. The van der Waals surface area contributed by atoms with Crippen LogP contribution in [0.5, 0.6) is 0 Å². The summed E-state index contributed by atoms with van der Waals surface area (Å²) < 4.78 is 26.4. The Morgan fingerprint density at radius 3 is 2.11 bits per heavy atom. The van der Waals surface area contributed by atoms with Gasteiger partial charge in [-0.1, -0.05) is 12.1 Å². The van der Waals surface area contributed by atoms with E-state index in [0.717, 1.165) is 16.7 Å². The third kappa shape index (κ3) is 2.41. The van der Waals surface area contributed by atoms with Gasteiger partial charge in [-0.3, -0.25) is 0 Å². The molecule has 0 amide bonds. The predicted octanol–water partition coefficient (Wildman–Crippen LogP) is 3.63. The van der Waals surface area contributed by atoms with Crippen LogP contribution in [-0.2, 0) is 0 Å². The molecule has 1 nitrogen and oxygen atoms in total. The minimum absolute atomic E-state index is 0.278. The van der Waals surface area contributed by atoms with Crippen LogP contribution in [0.4, 0.5) is 8.78 Å². The van der Waals surface area contributed by atoms with Crippen molar-refractivity contribution in [1.29, 1.82) is 0 Å². The molecule has 2 N–H and O–H groups in total. The average Bonchev–Trinajstić information content (AvgIpc) is 2.27. The molecule has 0 aromatic heterocycles. The molecule has 2 aromatic carbocycles. The molecule has 0 radical (unpaired) electrons. The Labute approximate surface area is 105 Å². The molecule has 0 saturated carbocycles. The van der Waals surface area contributed by atoms with Gasteiger partial charge in [-0.05, 0) is 60.4 Å². The van der Waals surface area contributed by atoms with E-state index in [2.05, 4.69) is 0 Å². The van der Waals surface area contributed by atoms with Gasteiger partial charge in [-0.2, -0.15) is 0 Å². The molecule has 3 heteroatoms. The van der Waals surface area contributed by atoms with Crippen LogP contribution in [0.2, 0.25) is 0 Å². The fourth-order valence-corrected chi connectivity index (χ4v) is 2.28. The molecule has 94 valence electrons. The van der Waals surface area contributed by atoms with Crippen molar-refractivity contribution in [3.8, 4) is 0 Å². The molecule has 0 aliphatic carbocycles.